The summed E-state index contributed by atoms with van der Waals surface area (Å²) >= 11 is 0. The summed E-state index contributed by atoms with van der Waals surface area (Å²) in [6.45, 7) is 13.8. The Morgan fingerprint density at radius 1 is 0.667 bits per heavy atom. The van der Waals surface area contributed by atoms with Gasteiger partial charge in [-0.05, 0) is 92.3 Å². The lowest BCUT2D eigenvalue weighted by molar-refractivity contribution is 0.590. The maximum absolute atomic E-state index is 6.50. The molecule has 0 fully saturated rings. The zero-order valence-electron chi connectivity index (χ0n) is 31.7. The lowest BCUT2D eigenvalue weighted by Gasteiger charge is -2.28. The van der Waals surface area contributed by atoms with Gasteiger partial charge >= 0.3 is 0 Å². The Morgan fingerprint density at radius 3 is 2.11 bits per heavy atom. The van der Waals surface area contributed by atoms with Crippen molar-refractivity contribution in [1.29, 1.82) is 0 Å². The normalized spacial score (nSPS) is 12.8. The molecule has 0 aliphatic carbocycles. The highest BCUT2D eigenvalue weighted by Crippen LogP contribution is 2.44. The van der Waals surface area contributed by atoms with Crippen LogP contribution in [-0.4, -0.2) is 16.8 Å². The first-order chi connectivity index (χ1) is 26.0. The fourth-order valence-electron chi connectivity index (χ4n) is 8.51. The fraction of sp³-hybridized carbons (Fsp3) is 0.163. The monoisotopic (exact) mass is 699 g/mol. The molecule has 9 aromatic rings. The molecule has 1 aliphatic heterocycles. The molecule has 0 unspecified atom stereocenters. The van der Waals surface area contributed by atoms with E-state index in [9.17, 15) is 0 Å². The third kappa shape index (κ3) is 5.17. The van der Waals surface area contributed by atoms with Crippen LogP contribution in [0.3, 0.4) is 0 Å². The summed E-state index contributed by atoms with van der Waals surface area (Å²) in [5.41, 5.74) is 16.1. The van der Waals surface area contributed by atoms with Gasteiger partial charge in [0.25, 0.3) is 0 Å². The standard InChI is InChI=1S/C49H42BN3O/c1-48(2,3)32-20-22-33(23-21-32)51-39-19-13-12-18-34(39)35-26-37(49(4,5)6)44-36-24-30-16-10-11-17-31(30)25-41(36)53-42-28-43-40(27-38(42)50-45(35)46(44)53)52-47(54-43)29-14-8-7-9-15-29/h7-28,50-51H,1-6H3. The number of hydrogen-bond donors (Lipinski definition) is 1. The summed E-state index contributed by atoms with van der Waals surface area (Å²) in [7, 11) is 0.777. The minimum absolute atomic E-state index is 0.0964. The minimum atomic E-state index is -0.122. The highest BCUT2D eigenvalue weighted by molar-refractivity contribution is 6.73. The molecule has 0 saturated heterocycles. The largest absolute Gasteiger partial charge is 0.436 e. The first kappa shape index (κ1) is 32.6. The van der Waals surface area contributed by atoms with Crippen LogP contribution in [0.4, 0.5) is 11.4 Å². The van der Waals surface area contributed by atoms with Crippen molar-refractivity contribution in [2.24, 2.45) is 0 Å². The van der Waals surface area contributed by atoms with Crippen LogP contribution in [0.5, 0.6) is 0 Å². The molecule has 3 heterocycles. The number of rotatable bonds is 4. The molecule has 0 saturated carbocycles. The van der Waals surface area contributed by atoms with Crippen molar-refractivity contribution in [3.63, 3.8) is 0 Å². The van der Waals surface area contributed by atoms with Gasteiger partial charge in [-0.2, -0.15) is 0 Å². The van der Waals surface area contributed by atoms with Crippen molar-refractivity contribution >= 4 is 73.3 Å². The molecule has 262 valence electrons. The molecule has 2 aromatic heterocycles. The van der Waals surface area contributed by atoms with E-state index in [0.29, 0.717) is 5.89 Å². The predicted octanol–water partition coefficient (Wildman–Crippen LogP) is 11.5. The highest BCUT2D eigenvalue weighted by atomic mass is 16.3. The zero-order valence-corrected chi connectivity index (χ0v) is 31.7. The molecule has 0 radical (unpaired) electrons. The van der Waals surface area contributed by atoms with Crippen LogP contribution in [0, 0.1) is 0 Å². The lowest BCUT2D eigenvalue weighted by Crippen LogP contribution is -2.37. The van der Waals surface area contributed by atoms with Gasteiger partial charge in [0.2, 0.25) is 5.89 Å². The first-order valence-corrected chi connectivity index (χ1v) is 19.0. The van der Waals surface area contributed by atoms with Crippen LogP contribution < -0.4 is 16.2 Å². The maximum atomic E-state index is 6.50. The molecule has 5 heteroatoms. The third-order valence-corrected chi connectivity index (χ3v) is 11.3. The van der Waals surface area contributed by atoms with Crippen LogP contribution in [-0.2, 0) is 10.8 Å². The molecule has 4 nitrogen and oxygen atoms in total. The van der Waals surface area contributed by atoms with Crippen molar-refractivity contribution in [2.45, 2.75) is 52.4 Å². The molecule has 0 spiro atoms. The number of oxazole rings is 1. The Morgan fingerprint density at radius 2 is 1.37 bits per heavy atom. The fourth-order valence-corrected chi connectivity index (χ4v) is 8.51. The van der Waals surface area contributed by atoms with E-state index >= 15 is 0 Å². The van der Waals surface area contributed by atoms with Gasteiger partial charge in [0.1, 0.15) is 5.52 Å². The molecule has 0 amide bonds. The number of hydrogen-bond acceptors (Lipinski definition) is 3. The van der Waals surface area contributed by atoms with E-state index in [1.165, 1.54) is 65.8 Å². The molecule has 0 atom stereocenters. The van der Waals surface area contributed by atoms with E-state index in [4.69, 9.17) is 9.40 Å². The van der Waals surface area contributed by atoms with Gasteiger partial charge in [-0.15, -0.1) is 0 Å². The van der Waals surface area contributed by atoms with Crippen molar-refractivity contribution in [1.82, 2.24) is 9.55 Å². The number of benzene rings is 7. The van der Waals surface area contributed by atoms with Crippen LogP contribution in [0.2, 0.25) is 0 Å². The van der Waals surface area contributed by atoms with Crippen molar-refractivity contribution in [3.8, 4) is 28.3 Å². The minimum Gasteiger partial charge on any atom is -0.436 e. The molecular formula is C49H42BN3O. The first-order valence-electron chi connectivity index (χ1n) is 19.0. The summed E-state index contributed by atoms with van der Waals surface area (Å²) < 4.78 is 9.02. The number of nitrogens with zero attached hydrogens (tertiary/aromatic N) is 2. The Kier molecular flexibility index (Phi) is 7.07. The van der Waals surface area contributed by atoms with Gasteiger partial charge in [-0.3, -0.25) is 0 Å². The summed E-state index contributed by atoms with van der Waals surface area (Å²) in [6, 6.07) is 48.4. The topological polar surface area (TPSA) is 43.0 Å². The van der Waals surface area contributed by atoms with Gasteiger partial charge in [0, 0.05) is 50.5 Å². The quantitative estimate of drug-likeness (QED) is 0.186. The number of nitrogens with one attached hydrogen (secondary N) is 1. The second kappa shape index (κ2) is 11.7. The Hall–Kier alpha value is -6.07. The molecule has 10 rings (SSSR count). The maximum Gasteiger partial charge on any atom is 0.227 e. The van der Waals surface area contributed by atoms with Crippen molar-refractivity contribution in [3.05, 3.63) is 145 Å². The van der Waals surface area contributed by atoms with Gasteiger partial charge in [-0.25, -0.2) is 4.98 Å². The molecular weight excluding hydrogens is 657 g/mol. The van der Waals surface area contributed by atoms with Gasteiger partial charge in [-0.1, -0.05) is 126 Å². The van der Waals surface area contributed by atoms with Gasteiger partial charge < -0.3 is 14.3 Å². The smallest absolute Gasteiger partial charge is 0.227 e. The van der Waals surface area contributed by atoms with Crippen molar-refractivity contribution in [2.75, 3.05) is 5.32 Å². The second-order valence-electron chi connectivity index (χ2n) is 17.0. The van der Waals surface area contributed by atoms with Gasteiger partial charge in [0.05, 0.1) is 5.52 Å². The average molecular weight is 700 g/mol. The molecule has 54 heavy (non-hydrogen) atoms. The molecule has 7 aromatic carbocycles. The molecule has 1 N–H and O–H groups in total. The Labute approximate surface area is 316 Å². The van der Waals surface area contributed by atoms with Gasteiger partial charge in [0.15, 0.2) is 12.9 Å². The van der Waals surface area contributed by atoms with E-state index in [1.807, 2.05) is 18.2 Å². The van der Waals surface area contributed by atoms with Crippen LogP contribution in [0.25, 0.3) is 71.9 Å². The average Bonchev–Trinajstić information content (AvgIpc) is 3.73. The Balaban J connectivity index is 1.26. The SMILES string of the molecule is CC(C)(C)c1ccc(Nc2ccccc2-c2cc(C(C)(C)C)c3c4cc5ccccc5cc4n4c3c2Bc2cc3nc(-c5ccccc5)oc3cc2-4)cc1. The van der Waals surface area contributed by atoms with Crippen LogP contribution >= 0.6 is 0 Å². The number of anilines is 2. The van der Waals surface area contributed by atoms with Crippen LogP contribution in [0.1, 0.15) is 52.7 Å². The molecule has 1 aliphatic rings. The number of para-hydroxylation sites is 1. The third-order valence-electron chi connectivity index (χ3n) is 11.3. The lowest BCUT2D eigenvalue weighted by atomic mass is 9.58. The van der Waals surface area contributed by atoms with Crippen LogP contribution in [0.15, 0.2) is 138 Å². The van der Waals surface area contributed by atoms with E-state index in [0.717, 1.165) is 41.0 Å². The summed E-state index contributed by atoms with van der Waals surface area (Å²) in [6.07, 6.45) is 0. The van der Waals surface area contributed by atoms with Crippen molar-refractivity contribution < 1.29 is 4.42 Å². The van der Waals surface area contributed by atoms with E-state index < -0.39 is 0 Å². The number of fused-ring (bicyclic) bond motifs is 7. The summed E-state index contributed by atoms with van der Waals surface area (Å²) in [5.74, 6) is 0.644. The highest BCUT2D eigenvalue weighted by Gasteiger charge is 2.32. The second-order valence-corrected chi connectivity index (χ2v) is 17.0. The van der Waals surface area contributed by atoms with E-state index in [1.54, 1.807) is 0 Å². The van der Waals surface area contributed by atoms with E-state index in [2.05, 4.69) is 167 Å². The zero-order chi connectivity index (χ0) is 36.9. The van der Waals surface area contributed by atoms with E-state index in [-0.39, 0.29) is 10.8 Å². The summed E-state index contributed by atoms with van der Waals surface area (Å²) in [5, 5.41) is 8.91. The Bertz CT molecular complexity index is 2940. The molecule has 0 bridgehead atoms. The predicted molar refractivity (Wildman–Crippen MR) is 230 cm³/mol. The number of aromatic nitrogens is 2. The summed E-state index contributed by atoms with van der Waals surface area (Å²) in [4.78, 5) is 5.01.